The van der Waals surface area contributed by atoms with Crippen LogP contribution in [0, 0.1) is 29.2 Å². The van der Waals surface area contributed by atoms with Gasteiger partial charge in [-0.05, 0) is 31.5 Å². The van der Waals surface area contributed by atoms with Crippen molar-refractivity contribution in [1.82, 2.24) is 0 Å². The summed E-state index contributed by atoms with van der Waals surface area (Å²) >= 11 is 0. The number of fused-ring (bicyclic) bond motifs is 1. The molecule has 0 fully saturated rings. The molecule has 0 unspecified atom stereocenters. The van der Waals surface area contributed by atoms with E-state index in [4.69, 9.17) is 15.3 Å². The van der Waals surface area contributed by atoms with Gasteiger partial charge in [0.25, 0.3) is 0 Å². The topological polar surface area (TPSA) is 87.1 Å². The van der Waals surface area contributed by atoms with Crippen LogP contribution in [0.1, 0.15) is 28.5 Å². The molecule has 0 atom stereocenters. The number of aryl methyl sites for hydroxylation is 3. The van der Waals surface area contributed by atoms with Crippen LogP contribution < -0.4 is 4.57 Å². The lowest BCUT2D eigenvalue weighted by Gasteiger charge is -2.04. The zero-order valence-corrected chi connectivity index (χ0v) is 11.8. The lowest BCUT2D eigenvalue weighted by atomic mass is 10.0. The molecular weight excluding hydrogens is 260 g/mol. The number of pyridine rings is 1. The van der Waals surface area contributed by atoms with Gasteiger partial charge in [-0.3, -0.25) is 4.79 Å². The highest BCUT2D eigenvalue weighted by Crippen LogP contribution is 2.18. The van der Waals surface area contributed by atoms with Gasteiger partial charge in [0, 0.05) is 30.0 Å². The molecule has 1 aromatic heterocycles. The summed E-state index contributed by atoms with van der Waals surface area (Å²) in [6.45, 7) is 5.77. The van der Waals surface area contributed by atoms with Crippen molar-refractivity contribution in [3.63, 3.8) is 0 Å². The molecular formula is C14H16N2O4. The van der Waals surface area contributed by atoms with E-state index in [1.54, 1.807) is 6.92 Å². The summed E-state index contributed by atoms with van der Waals surface area (Å²) < 4.78 is 2.15. The highest BCUT2D eigenvalue weighted by Gasteiger charge is 2.12. The van der Waals surface area contributed by atoms with Crippen molar-refractivity contribution in [1.29, 1.82) is 0 Å². The smallest absolute Gasteiger partial charge is 0.212 e. The van der Waals surface area contributed by atoms with Crippen LogP contribution in [-0.2, 0) is 7.05 Å². The molecule has 0 aliphatic heterocycles. The van der Waals surface area contributed by atoms with E-state index in [9.17, 15) is 4.79 Å². The molecule has 0 saturated carbocycles. The zero-order valence-electron chi connectivity index (χ0n) is 11.8. The maximum atomic E-state index is 11.3. The van der Waals surface area contributed by atoms with Crippen LogP contribution in [0.2, 0.25) is 0 Å². The van der Waals surface area contributed by atoms with Gasteiger partial charge in [-0.1, -0.05) is 0 Å². The third-order valence-electron chi connectivity index (χ3n) is 3.14. The first kappa shape index (κ1) is 15.6. The number of benzene rings is 1. The van der Waals surface area contributed by atoms with Gasteiger partial charge in [0.1, 0.15) is 7.05 Å². The van der Waals surface area contributed by atoms with Gasteiger partial charge in [-0.2, -0.15) is 4.57 Å². The Morgan fingerprint density at radius 3 is 2.25 bits per heavy atom. The van der Waals surface area contributed by atoms with Crippen LogP contribution in [0.15, 0.2) is 24.3 Å². The zero-order chi connectivity index (χ0) is 15.4. The molecule has 1 aromatic carbocycles. The molecule has 20 heavy (non-hydrogen) atoms. The SMILES string of the molecule is CC(=O)c1ccc2c(c1)c(C)cc(C)[n+]2C.O=[N+]([O-])[O-]. The van der Waals surface area contributed by atoms with Gasteiger partial charge < -0.3 is 15.3 Å². The molecule has 0 saturated heterocycles. The Morgan fingerprint density at radius 1 is 1.20 bits per heavy atom. The highest BCUT2D eigenvalue weighted by molar-refractivity contribution is 5.97. The summed E-state index contributed by atoms with van der Waals surface area (Å²) in [7, 11) is 2.05. The van der Waals surface area contributed by atoms with E-state index < -0.39 is 5.09 Å². The van der Waals surface area contributed by atoms with Crippen LogP contribution >= 0.6 is 0 Å². The molecule has 106 valence electrons. The summed E-state index contributed by atoms with van der Waals surface area (Å²) in [6, 6.07) is 8.04. The molecule has 0 aliphatic carbocycles. The summed E-state index contributed by atoms with van der Waals surface area (Å²) in [4.78, 5) is 19.6. The molecule has 1 heterocycles. The number of aromatic nitrogens is 1. The van der Waals surface area contributed by atoms with Crippen LogP contribution in [0.25, 0.3) is 10.9 Å². The average molecular weight is 276 g/mol. The van der Waals surface area contributed by atoms with E-state index in [-0.39, 0.29) is 5.78 Å². The van der Waals surface area contributed by atoms with Crippen molar-refractivity contribution in [2.75, 3.05) is 0 Å². The molecule has 0 N–H and O–H groups in total. The first-order valence-electron chi connectivity index (χ1n) is 5.96. The molecule has 6 nitrogen and oxygen atoms in total. The average Bonchev–Trinajstić information content (AvgIpc) is 2.34. The molecule has 0 radical (unpaired) electrons. The van der Waals surface area contributed by atoms with Crippen LogP contribution in [0.3, 0.4) is 0 Å². The van der Waals surface area contributed by atoms with Gasteiger partial charge in [-0.15, -0.1) is 0 Å². The van der Waals surface area contributed by atoms with Gasteiger partial charge in [0.2, 0.25) is 5.52 Å². The molecule has 6 heteroatoms. The number of hydrogen-bond acceptors (Lipinski definition) is 4. The van der Waals surface area contributed by atoms with Gasteiger partial charge >= 0.3 is 0 Å². The maximum Gasteiger partial charge on any atom is 0.212 e. The van der Waals surface area contributed by atoms with E-state index in [2.05, 4.69) is 24.5 Å². The van der Waals surface area contributed by atoms with Crippen LogP contribution in [0.5, 0.6) is 0 Å². The molecule has 2 aromatic rings. The fourth-order valence-corrected chi connectivity index (χ4v) is 2.04. The van der Waals surface area contributed by atoms with Crippen molar-refractivity contribution in [3.8, 4) is 0 Å². The predicted octanol–water partition coefficient (Wildman–Crippen LogP) is 2.24. The van der Waals surface area contributed by atoms with E-state index in [1.807, 2.05) is 25.2 Å². The maximum absolute atomic E-state index is 11.3. The van der Waals surface area contributed by atoms with E-state index in [0.717, 1.165) is 10.9 Å². The molecule has 0 spiro atoms. The van der Waals surface area contributed by atoms with Crippen LogP contribution in [-0.4, -0.2) is 10.9 Å². The monoisotopic (exact) mass is 276 g/mol. The number of ketones is 1. The second-order valence-corrected chi connectivity index (χ2v) is 4.54. The fourth-order valence-electron chi connectivity index (χ4n) is 2.04. The fraction of sp³-hybridized carbons (Fsp3) is 0.286. The summed E-state index contributed by atoms with van der Waals surface area (Å²) in [5.74, 6) is 0.115. The largest absolute Gasteiger partial charge is 0.356 e. The third kappa shape index (κ3) is 3.50. The minimum absolute atomic E-state index is 0.115. The van der Waals surface area contributed by atoms with Crippen molar-refractivity contribution in [2.45, 2.75) is 20.8 Å². The van der Waals surface area contributed by atoms with Gasteiger partial charge in [0.15, 0.2) is 11.5 Å². The van der Waals surface area contributed by atoms with Crippen molar-refractivity contribution in [3.05, 3.63) is 56.4 Å². The second-order valence-electron chi connectivity index (χ2n) is 4.54. The standard InChI is InChI=1S/C14H16NO.NO3/c1-9-7-10(2)15(4)14-6-5-12(11(3)16)8-13(9)14;2-1(3)4/h5-8H,1-4H3;/q+1;-1. The first-order valence-corrected chi connectivity index (χ1v) is 5.96. The third-order valence-corrected chi connectivity index (χ3v) is 3.14. The minimum Gasteiger partial charge on any atom is -0.356 e. The van der Waals surface area contributed by atoms with Gasteiger partial charge in [0.05, 0.1) is 5.09 Å². The predicted molar refractivity (Wildman–Crippen MR) is 75.0 cm³/mol. The Morgan fingerprint density at radius 2 is 1.75 bits per heavy atom. The molecule has 0 aliphatic rings. The Kier molecular flexibility index (Phi) is 4.74. The summed E-state index contributed by atoms with van der Waals surface area (Å²) in [5.41, 5.74) is 4.39. The van der Waals surface area contributed by atoms with Gasteiger partial charge in [-0.25, -0.2) is 0 Å². The lowest BCUT2D eigenvalue weighted by Crippen LogP contribution is -2.33. The highest BCUT2D eigenvalue weighted by atomic mass is 16.9. The molecule has 0 bridgehead atoms. The molecule has 2 rings (SSSR count). The van der Waals surface area contributed by atoms with E-state index >= 15 is 0 Å². The Labute approximate surface area is 116 Å². The first-order chi connectivity index (χ1) is 9.23. The minimum atomic E-state index is -1.75. The number of rotatable bonds is 1. The Bertz CT molecular complexity index is 676. The quantitative estimate of drug-likeness (QED) is 0.346. The number of carbonyl (C=O) groups excluding carboxylic acids is 1. The number of nitrogens with zero attached hydrogens (tertiary/aromatic N) is 2. The van der Waals surface area contributed by atoms with Crippen molar-refractivity contribution in [2.24, 2.45) is 7.05 Å². The summed E-state index contributed by atoms with van der Waals surface area (Å²) in [5, 5.41) is 15.9. The van der Waals surface area contributed by atoms with Crippen molar-refractivity contribution < 1.29 is 14.4 Å². The normalized spacial score (nSPS) is 9.80. The second kappa shape index (κ2) is 6.10. The van der Waals surface area contributed by atoms with E-state index in [0.29, 0.717) is 0 Å². The Balaban J connectivity index is 0.000000444. The van der Waals surface area contributed by atoms with E-state index in [1.165, 1.54) is 16.8 Å². The summed E-state index contributed by atoms with van der Waals surface area (Å²) in [6.07, 6.45) is 0. The number of Topliss-reactive ketones (excluding diaryl/α,β-unsaturated/α-hetero) is 1. The van der Waals surface area contributed by atoms with Crippen molar-refractivity contribution >= 4 is 16.7 Å². The Hall–Kier alpha value is -2.50. The lowest BCUT2D eigenvalue weighted by molar-refractivity contribution is -0.651. The number of hydrogen-bond donors (Lipinski definition) is 0. The number of carbonyl (C=O) groups is 1. The van der Waals surface area contributed by atoms with Crippen LogP contribution in [0.4, 0.5) is 0 Å². The molecule has 0 amide bonds.